The molecule has 1 aromatic carbocycles. The van der Waals surface area contributed by atoms with Crippen molar-refractivity contribution in [2.45, 2.75) is 45.4 Å². The van der Waals surface area contributed by atoms with Gasteiger partial charge in [-0.2, -0.15) is 0 Å². The molecule has 0 aliphatic carbocycles. The Hall–Kier alpha value is -2.41. The summed E-state index contributed by atoms with van der Waals surface area (Å²) in [5.41, 5.74) is 1.49. The number of ether oxygens (including phenoxy) is 1. The van der Waals surface area contributed by atoms with Gasteiger partial charge in [0.25, 0.3) is 0 Å². The quantitative estimate of drug-likeness (QED) is 0.678. The van der Waals surface area contributed by atoms with Gasteiger partial charge < -0.3 is 20.0 Å². The predicted octanol–water partition coefficient (Wildman–Crippen LogP) is 2.94. The van der Waals surface area contributed by atoms with Crippen LogP contribution < -0.4 is 10.4 Å². The van der Waals surface area contributed by atoms with Crippen molar-refractivity contribution in [3.8, 4) is 0 Å². The number of carbonyl (C=O) groups excluding carboxylic acids is 2. The summed E-state index contributed by atoms with van der Waals surface area (Å²) in [6.45, 7) is 5.79. The van der Waals surface area contributed by atoms with E-state index in [2.05, 4.69) is 10.3 Å². The van der Waals surface area contributed by atoms with Crippen molar-refractivity contribution in [1.29, 1.82) is 0 Å². The van der Waals surface area contributed by atoms with Gasteiger partial charge in [0, 0.05) is 17.0 Å². The molecular formula is C19H23N2O4S-. The fourth-order valence-electron chi connectivity index (χ4n) is 2.73. The van der Waals surface area contributed by atoms with Crippen LogP contribution in [0.2, 0.25) is 0 Å². The Morgan fingerprint density at radius 3 is 2.54 bits per heavy atom. The summed E-state index contributed by atoms with van der Waals surface area (Å²) >= 11 is 1.37. The second kappa shape index (κ2) is 8.80. The lowest BCUT2D eigenvalue weighted by molar-refractivity contribution is -0.306. The van der Waals surface area contributed by atoms with Crippen LogP contribution in [0.1, 0.15) is 44.4 Å². The van der Waals surface area contributed by atoms with Crippen LogP contribution in [0.15, 0.2) is 29.6 Å². The Bertz CT molecular complexity index is 757. The second-order valence-corrected chi connectivity index (χ2v) is 6.92. The standard InChI is InChI=1S/C19H24N2O4S/c1-4-19(11-10-16(22)23,17(24)25-5-2)15-12-26-18(21-15)20-14-8-6-13(3)7-9-14/h6-9,12H,4-5,10-11H2,1-3H3,(H,20,21)(H,22,23)/p-1/t19-/m1/s1. The van der Waals surface area contributed by atoms with Crippen LogP contribution >= 0.6 is 11.3 Å². The fourth-order valence-corrected chi connectivity index (χ4v) is 3.56. The lowest BCUT2D eigenvalue weighted by Gasteiger charge is -2.29. The van der Waals surface area contributed by atoms with Gasteiger partial charge in [-0.25, -0.2) is 4.98 Å². The zero-order valence-electron chi connectivity index (χ0n) is 15.2. The maximum atomic E-state index is 12.6. The highest BCUT2D eigenvalue weighted by atomic mass is 32.1. The monoisotopic (exact) mass is 375 g/mol. The molecule has 0 saturated heterocycles. The minimum atomic E-state index is -1.19. The number of rotatable bonds is 9. The van der Waals surface area contributed by atoms with Crippen LogP contribution in [0.25, 0.3) is 0 Å². The molecule has 0 aliphatic heterocycles. The molecular weight excluding hydrogens is 352 g/mol. The molecule has 0 aliphatic rings. The second-order valence-electron chi connectivity index (χ2n) is 6.06. The molecule has 140 valence electrons. The van der Waals surface area contributed by atoms with Gasteiger partial charge in [0.2, 0.25) is 0 Å². The van der Waals surface area contributed by atoms with E-state index in [1.165, 1.54) is 11.3 Å². The van der Waals surface area contributed by atoms with Crippen LogP contribution in [-0.4, -0.2) is 23.5 Å². The van der Waals surface area contributed by atoms with Gasteiger partial charge >= 0.3 is 5.97 Å². The SMILES string of the molecule is CCOC(=O)[C@](CC)(CCC(=O)[O-])c1csc(Nc2ccc(C)cc2)n1. The Labute approximate surface area is 157 Å². The van der Waals surface area contributed by atoms with Crippen molar-refractivity contribution in [2.24, 2.45) is 0 Å². The predicted molar refractivity (Wildman–Crippen MR) is 99.4 cm³/mol. The number of nitrogens with zero attached hydrogens (tertiary/aromatic N) is 1. The van der Waals surface area contributed by atoms with Crippen molar-refractivity contribution < 1.29 is 19.4 Å². The highest BCUT2D eigenvalue weighted by Crippen LogP contribution is 2.37. The van der Waals surface area contributed by atoms with E-state index in [1.54, 1.807) is 12.3 Å². The molecule has 0 amide bonds. The fraction of sp³-hybridized carbons (Fsp3) is 0.421. The third-order valence-electron chi connectivity index (χ3n) is 4.32. The molecule has 26 heavy (non-hydrogen) atoms. The summed E-state index contributed by atoms with van der Waals surface area (Å²) in [4.78, 5) is 28.1. The minimum Gasteiger partial charge on any atom is -0.550 e. The Balaban J connectivity index is 2.29. The van der Waals surface area contributed by atoms with E-state index in [9.17, 15) is 14.7 Å². The van der Waals surface area contributed by atoms with Crippen LogP contribution in [0.5, 0.6) is 0 Å². The zero-order chi connectivity index (χ0) is 19.2. The molecule has 1 atom stereocenters. The van der Waals surface area contributed by atoms with Crippen LogP contribution in [0.3, 0.4) is 0 Å². The first-order chi connectivity index (χ1) is 12.4. The molecule has 0 fully saturated rings. The van der Waals surface area contributed by atoms with E-state index >= 15 is 0 Å². The van der Waals surface area contributed by atoms with Gasteiger partial charge in [0.1, 0.15) is 5.41 Å². The number of aryl methyl sites for hydroxylation is 1. The maximum Gasteiger partial charge on any atom is 0.318 e. The molecule has 6 nitrogen and oxygen atoms in total. The third-order valence-corrected chi connectivity index (χ3v) is 5.08. The average Bonchev–Trinajstić information content (AvgIpc) is 3.07. The first-order valence-electron chi connectivity index (χ1n) is 8.58. The summed E-state index contributed by atoms with van der Waals surface area (Å²) in [6.07, 6.45) is 0.260. The Morgan fingerprint density at radius 1 is 1.27 bits per heavy atom. The van der Waals surface area contributed by atoms with Crippen molar-refractivity contribution in [2.75, 3.05) is 11.9 Å². The zero-order valence-corrected chi connectivity index (χ0v) is 16.0. The number of benzene rings is 1. The number of thiazole rings is 1. The van der Waals surface area contributed by atoms with Gasteiger partial charge in [-0.05, 0) is 45.2 Å². The van der Waals surface area contributed by atoms with E-state index in [4.69, 9.17) is 4.74 Å². The molecule has 0 radical (unpaired) electrons. The van der Waals surface area contributed by atoms with E-state index in [0.29, 0.717) is 17.2 Å². The van der Waals surface area contributed by atoms with Crippen molar-refractivity contribution in [3.63, 3.8) is 0 Å². The number of carboxylic acid groups (broad SMARTS) is 1. The number of carbonyl (C=O) groups is 2. The summed E-state index contributed by atoms with van der Waals surface area (Å²) in [7, 11) is 0. The molecule has 0 bridgehead atoms. The first-order valence-corrected chi connectivity index (χ1v) is 9.46. The van der Waals surface area contributed by atoms with Crippen LogP contribution in [0.4, 0.5) is 10.8 Å². The molecule has 1 aromatic heterocycles. The van der Waals surface area contributed by atoms with Gasteiger partial charge in [-0.15, -0.1) is 11.3 Å². The summed E-state index contributed by atoms with van der Waals surface area (Å²) in [5.74, 6) is -1.64. The number of esters is 1. The van der Waals surface area contributed by atoms with E-state index in [-0.39, 0.29) is 19.4 Å². The van der Waals surface area contributed by atoms with E-state index < -0.39 is 17.4 Å². The minimum absolute atomic E-state index is 0.0956. The number of carboxylic acids is 1. The van der Waals surface area contributed by atoms with Crippen LogP contribution in [-0.2, 0) is 19.7 Å². The number of aliphatic carboxylic acids is 1. The number of aromatic nitrogens is 1. The van der Waals surface area contributed by atoms with E-state index in [0.717, 1.165) is 11.3 Å². The van der Waals surface area contributed by atoms with Crippen molar-refractivity contribution >= 4 is 34.1 Å². The highest BCUT2D eigenvalue weighted by molar-refractivity contribution is 7.13. The molecule has 1 N–H and O–H groups in total. The van der Waals surface area contributed by atoms with Crippen molar-refractivity contribution in [3.05, 3.63) is 40.9 Å². The molecule has 1 heterocycles. The Morgan fingerprint density at radius 2 is 1.96 bits per heavy atom. The lowest BCUT2D eigenvalue weighted by Crippen LogP contribution is -2.39. The number of hydrogen-bond acceptors (Lipinski definition) is 7. The number of nitrogens with one attached hydrogen (secondary N) is 1. The van der Waals surface area contributed by atoms with Gasteiger partial charge in [0.05, 0.1) is 12.3 Å². The molecule has 0 unspecified atom stereocenters. The molecule has 0 spiro atoms. The van der Waals surface area contributed by atoms with E-state index in [1.807, 2.05) is 38.1 Å². The van der Waals surface area contributed by atoms with Crippen LogP contribution in [0, 0.1) is 6.92 Å². The molecule has 2 aromatic rings. The summed E-state index contributed by atoms with van der Waals surface area (Å²) in [6, 6.07) is 7.88. The molecule has 7 heteroatoms. The maximum absolute atomic E-state index is 12.6. The summed E-state index contributed by atoms with van der Waals surface area (Å²) < 4.78 is 5.22. The lowest BCUT2D eigenvalue weighted by atomic mass is 9.78. The van der Waals surface area contributed by atoms with Gasteiger partial charge in [-0.3, -0.25) is 4.79 Å². The van der Waals surface area contributed by atoms with Gasteiger partial charge in [-0.1, -0.05) is 24.6 Å². The topological polar surface area (TPSA) is 91.4 Å². The number of anilines is 2. The highest BCUT2D eigenvalue weighted by Gasteiger charge is 2.42. The summed E-state index contributed by atoms with van der Waals surface area (Å²) in [5, 5.41) is 16.6. The number of hydrogen-bond donors (Lipinski definition) is 1. The van der Waals surface area contributed by atoms with Gasteiger partial charge in [0.15, 0.2) is 5.13 Å². The molecule has 2 rings (SSSR count). The normalized spacial score (nSPS) is 13.0. The smallest absolute Gasteiger partial charge is 0.318 e. The largest absolute Gasteiger partial charge is 0.550 e. The third kappa shape index (κ3) is 4.60. The molecule has 0 saturated carbocycles. The Kier molecular flexibility index (Phi) is 6.74. The van der Waals surface area contributed by atoms with Crippen molar-refractivity contribution in [1.82, 2.24) is 4.98 Å². The average molecular weight is 375 g/mol. The first kappa shape index (κ1) is 19.9.